The second-order valence-electron chi connectivity index (χ2n) is 6.22. The van der Waals surface area contributed by atoms with Crippen molar-refractivity contribution < 1.29 is 14.3 Å². The molecular weight excluding hydrogens is 386 g/mol. The largest absolute Gasteiger partial charge is 0.493 e. The van der Waals surface area contributed by atoms with E-state index in [2.05, 4.69) is 15.5 Å². The molecule has 1 N–H and O–H groups in total. The lowest BCUT2D eigenvalue weighted by Crippen LogP contribution is -2.19. The van der Waals surface area contributed by atoms with E-state index in [1.807, 2.05) is 60.8 Å². The fourth-order valence-electron chi connectivity index (χ4n) is 2.59. The number of ether oxygens (including phenoxy) is 2. The molecule has 6 nitrogen and oxygen atoms in total. The number of hydrogen-bond acceptors (Lipinski definition) is 6. The molecule has 0 radical (unpaired) electrons. The van der Waals surface area contributed by atoms with Crippen LogP contribution in [0, 0.1) is 0 Å². The Kier molecular flexibility index (Phi) is 7.35. The van der Waals surface area contributed by atoms with Crippen molar-refractivity contribution in [2.45, 2.75) is 19.8 Å². The van der Waals surface area contributed by atoms with Gasteiger partial charge in [0.1, 0.15) is 5.01 Å². The van der Waals surface area contributed by atoms with Crippen molar-refractivity contribution in [3.8, 4) is 22.8 Å². The number of benzene rings is 2. The predicted molar refractivity (Wildman–Crippen MR) is 116 cm³/mol. The Morgan fingerprint density at radius 2 is 2.03 bits per heavy atom. The molecule has 0 fully saturated rings. The second kappa shape index (κ2) is 10.4. The molecule has 0 atom stereocenters. The van der Waals surface area contributed by atoms with Crippen molar-refractivity contribution in [1.82, 2.24) is 10.4 Å². The third-order valence-corrected chi connectivity index (χ3v) is 4.83. The Balaban J connectivity index is 1.55. The molecule has 0 aliphatic carbocycles. The minimum absolute atomic E-state index is 0.182. The Morgan fingerprint density at radius 3 is 2.79 bits per heavy atom. The number of amides is 1. The van der Waals surface area contributed by atoms with Crippen molar-refractivity contribution in [2.75, 3.05) is 13.7 Å². The summed E-state index contributed by atoms with van der Waals surface area (Å²) in [4.78, 5) is 16.7. The van der Waals surface area contributed by atoms with Crippen LogP contribution in [0.3, 0.4) is 0 Å². The fourth-order valence-corrected chi connectivity index (χ4v) is 3.39. The zero-order chi connectivity index (χ0) is 20.5. The van der Waals surface area contributed by atoms with Crippen LogP contribution in [-0.4, -0.2) is 30.8 Å². The Morgan fingerprint density at radius 1 is 1.21 bits per heavy atom. The monoisotopic (exact) mass is 409 g/mol. The molecule has 0 aliphatic rings. The lowest BCUT2D eigenvalue weighted by molar-refractivity contribution is -0.120. The number of hydrazone groups is 1. The average Bonchev–Trinajstić information content (AvgIpc) is 3.21. The average molecular weight is 410 g/mol. The van der Waals surface area contributed by atoms with Crippen molar-refractivity contribution in [3.63, 3.8) is 0 Å². The van der Waals surface area contributed by atoms with Gasteiger partial charge in [-0.15, -0.1) is 11.3 Å². The number of rotatable bonds is 9. The van der Waals surface area contributed by atoms with E-state index in [1.165, 1.54) is 11.3 Å². The van der Waals surface area contributed by atoms with Crippen molar-refractivity contribution in [1.29, 1.82) is 0 Å². The molecule has 0 unspecified atom stereocenters. The summed E-state index contributed by atoms with van der Waals surface area (Å²) in [5.74, 6) is 1.10. The molecule has 0 saturated heterocycles. The SMILES string of the molecule is CCCOc1ccc(/C=N\NC(=O)Cc2nc(-c3ccccc3)cs2)cc1OC. The summed E-state index contributed by atoms with van der Waals surface area (Å²) in [5.41, 5.74) is 5.25. The molecule has 0 saturated carbocycles. The molecule has 1 heterocycles. The van der Waals surface area contributed by atoms with Crippen LogP contribution < -0.4 is 14.9 Å². The number of nitrogens with one attached hydrogen (secondary N) is 1. The quantitative estimate of drug-likeness (QED) is 0.422. The van der Waals surface area contributed by atoms with E-state index in [0.717, 1.165) is 28.2 Å². The van der Waals surface area contributed by atoms with E-state index in [4.69, 9.17) is 9.47 Å². The van der Waals surface area contributed by atoms with Gasteiger partial charge in [-0.1, -0.05) is 37.3 Å². The molecule has 0 bridgehead atoms. The first-order valence-corrected chi connectivity index (χ1v) is 10.2. The Hall–Kier alpha value is -3.19. The van der Waals surface area contributed by atoms with E-state index >= 15 is 0 Å². The third kappa shape index (κ3) is 5.89. The van der Waals surface area contributed by atoms with Gasteiger partial charge in [0.05, 0.1) is 32.0 Å². The zero-order valence-corrected chi connectivity index (χ0v) is 17.2. The van der Waals surface area contributed by atoms with Gasteiger partial charge in [0, 0.05) is 10.9 Å². The maximum absolute atomic E-state index is 12.1. The summed E-state index contributed by atoms with van der Waals surface area (Å²) < 4.78 is 11.0. The number of methoxy groups -OCH3 is 1. The molecule has 29 heavy (non-hydrogen) atoms. The van der Waals surface area contributed by atoms with E-state index in [0.29, 0.717) is 18.1 Å². The van der Waals surface area contributed by atoms with Crippen molar-refractivity contribution in [3.05, 3.63) is 64.5 Å². The predicted octanol–water partition coefficient (Wildman–Crippen LogP) is 4.30. The number of carbonyl (C=O) groups excluding carboxylic acids is 1. The first-order chi connectivity index (χ1) is 14.2. The Bertz CT molecular complexity index is 970. The van der Waals surface area contributed by atoms with Gasteiger partial charge in [0.2, 0.25) is 5.91 Å². The highest BCUT2D eigenvalue weighted by Gasteiger charge is 2.09. The number of thiazole rings is 1. The second-order valence-corrected chi connectivity index (χ2v) is 7.16. The number of hydrogen-bond donors (Lipinski definition) is 1. The van der Waals surface area contributed by atoms with Gasteiger partial charge in [-0.05, 0) is 30.2 Å². The minimum atomic E-state index is -0.218. The fraction of sp³-hybridized carbons (Fsp3) is 0.227. The summed E-state index contributed by atoms with van der Waals surface area (Å²) in [7, 11) is 1.59. The van der Waals surface area contributed by atoms with E-state index in [1.54, 1.807) is 13.3 Å². The molecule has 1 amide bonds. The van der Waals surface area contributed by atoms with Crippen LogP contribution in [0.5, 0.6) is 11.5 Å². The normalized spacial score (nSPS) is 10.8. The van der Waals surface area contributed by atoms with Gasteiger partial charge in [0.25, 0.3) is 0 Å². The van der Waals surface area contributed by atoms with Crippen molar-refractivity contribution >= 4 is 23.5 Å². The van der Waals surface area contributed by atoms with Gasteiger partial charge >= 0.3 is 0 Å². The molecule has 0 aliphatic heterocycles. The molecule has 150 valence electrons. The molecule has 2 aromatic carbocycles. The summed E-state index contributed by atoms with van der Waals surface area (Å²) in [6, 6.07) is 15.4. The van der Waals surface area contributed by atoms with Crippen LogP contribution in [0.4, 0.5) is 0 Å². The minimum Gasteiger partial charge on any atom is -0.493 e. The molecule has 1 aromatic heterocycles. The van der Waals surface area contributed by atoms with E-state index in [-0.39, 0.29) is 12.3 Å². The zero-order valence-electron chi connectivity index (χ0n) is 16.4. The summed E-state index contributed by atoms with van der Waals surface area (Å²) in [6.45, 7) is 2.67. The first-order valence-electron chi connectivity index (χ1n) is 9.32. The molecule has 3 aromatic rings. The van der Waals surface area contributed by atoms with Crippen LogP contribution in [-0.2, 0) is 11.2 Å². The topological polar surface area (TPSA) is 72.8 Å². The van der Waals surface area contributed by atoms with Gasteiger partial charge < -0.3 is 9.47 Å². The van der Waals surface area contributed by atoms with Crippen molar-refractivity contribution in [2.24, 2.45) is 5.10 Å². The molecular formula is C22H23N3O3S. The van der Waals surface area contributed by atoms with E-state index < -0.39 is 0 Å². The molecule has 0 spiro atoms. The lowest BCUT2D eigenvalue weighted by Gasteiger charge is -2.10. The van der Waals surface area contributed by atoms with Crippen LogP contribution >= 0.6 is 11.3 Å². The molecule has 7 heteroatoms. The number of nitrogens with zero attached hydrogens (tertiary/aromatic N) is 2. The van der Waals surface area contributed by atoms with E-state index in [9.17, 15) is 4.79 Å². The maximum Gasteiger partial charge on any atom is 0.246 e. The van der Waals surface area contributed by atoms with Gasteiger partial charge in [-0.25, -0.2) is 10.4 Å². The standard InChI is InChI=1S/C22H23N3O3S/c1-3-11-28-19-10-9-16(12-20(19)27-2)14-23-25-21(26)13-22-24-18(15-29-22)17-7-5-4-6-8-17/h4-10,12,14-15H,3,11,13H2,1-2H3,(H,25,26)/b23-14-. The van der Waals surface area contributed by atoms with Gasteiger partial charge in [-0.3, -0.25) is 4.79 Å². The Labute approximate surface area is 174 Å². The highest BCUT2D eigenvalue weighted by Crippen LogP contribution is 2.27. The lowest BCUT2D eigenvalue weighted by atomic mass is 10.2. The first kappa shape index (κ1) is 20.5. The van der Waals surface area contributed by atoms with Crippen LogP contribution in [0.2, 0.25) is 0 Å². The maximum atomic E-state index is 12.1. The van der Waals surface area contributed by atoms with Gasteiger partial charge in [-0.2, -0.15) is 5.10 Å². The smallest absolute Gasteiger partial charge is 0.246 e. The number of aromatic nitrogens is 1. The highest BCUT2D eigenvalue weighted by molar-refractivity contribution is 7.10. The third-order valence-electron chi connectivity index (χ3n) is 3.99. The van der Waals surface area contributed by atoms with Crippen LogP contribution in [0.25, 0.3) is 11.3 Å². The van der Waals surface area contributed by atoms with Crippen LogP contribution in [0.15, 0.2) is 59.0 Å². The van der Waals surface area contributed by atoms with Crippen LogP contribution in [0.1, 0.15) is 23.9 Å². The highest BCUT2D eigenvalue weighted by atomic mass is 32.1. The summed E-state index contributed by atoms with van der Waals surface area (Å²) >= 11 is 1.46. The van der Waals surface area contributed by atoms with Gasteiger partial charge in [0.15, 0.2) is 11.5 Å². The summed E-state index contributed by atoms with van der Waals surface area (Å²) in [6.07, 6.45) is 2.67. The number of carbonyl (C=O) groups is 1. The molecule has 3 rings (SSSR count). The summed E-state index contributed by atoms with van der Waals surface area (Å²) in [5, 5.41) is 6.73.